The molecular weight excluding hydrogens is 952 g/mol. The van der Waals surface area contributed by atoms with Gasteiger partial charge in [0.25, 0.3) is 0 Å². The highest BCUT2D eigenvalue weighted by molar-refractivity contribution is 7.53. The zero-order valence-corrected chi connectivity index (χ0v) is 46.6. The third kappa shape index (κ3) is 15.0. The zero-order chi connectivity index (χ0) is 53.7. The van der Waals surface area contributed by atoms with Gasteiger partial charge in [-0.2, -0.15) is 0 Å². The van der Waals surface area contributed by atoms with Crippen LogP contribution in [0.4, 0.5) is 0 Å². The van der Waals surface area contributed by atoms with Gasteiger partial charge >= 0.3 is 7.60 Å². The van der Waals surface area contributed by atoms with E-state index in [2.05, 4.69) is 0 Å². The molecule has 17 heteroatoms. The van der Waals surface area contributed by atoms with Gasteiger partial charge in [-0.1, -0.05) is 98.1 Å². The van der Waals surface area contributed by atoms with Crippen LogP contribution >= 0.6 is 7.60 Å². The smallest absolute Gasteiger partial charge is 0.331 e. The summed E-state index contributed by atoms with van der Waals surface area (Å²) in [6, 6.07) is 7.74. The standard InChI is InChI=1S/C56H89N4O12P/c1-11-13-29-72-73(68,69)43(31-40-21-16-14-17-22-40)33-46(61)39(7)54(71-10)45-23-20-28-58(45)51(65)35-48(70-9)52(37(5)12-2)57(8)56(67)44(36(3)4)34-47(62)53-41-25-26-42(32-41)60(53)49(63)24-18-15-19-27-59-50(64)30-38(6)55(59)66/h14,16-17,21-22,36-39,41-45,48,52-54H,11-13,15,18-20,23-35H2,1-10H3,(H,68,69)/t37-,38?,39-,41-,42+,43+,44-,45-,48+,52-,53-,54+/m0/s1. The SMILES string of the molecule is CCCCOP(=O)(O)[C@@H](CC(=O)[C@H](C)[C@@H](OC)[C@@H]1CCCN1C(=O)C[C@@H](OC)[C@H]([C@@H](C)CC)N(C)C(=O)[C@@H](CC(=O)[C@@H]1[C@H]2CC[C@H](C2)N1C(=O)CCCCCN1C(=O)CC(C)C1=O)C(C)C)Cc1ccccc1. The first kappa shape index (κ1) is 60.0. The van der Waals surface area contributed by atoms with Crippen LogP contribution in [-0.2, 0) is 58.5 Å². The molecule has 3 saturated heterocycles. The van der Waals surface area contributed by atoms with E-state index in [1.165, 1.54) is 12.0 Å². The molecule has 73 heavy (non-hydrogen) atoms. The fourth-order valence-corrected chi connectivity index (χ4v) is 13.8. The van der Waals surface area contributed by atoms with E-state index in [1.807, 2.05) is 69.9 Å². The summed E-state index contributed by atoms with van der Waals surface area (Å²) in [6.07, 6.45) is 6.79. The van der Waals surface area contributed by atoms with Gasteiger partial charge in [0.2, 0.25) is 29.5 Å². The van der Waals surface area contributed by atoms with E-state index in [9.17, 15) is 43.0 Å². The maximum atomic E-state index is 14.8. The number of hydrogen-bond acceptors (Lipinski definition) is 11. The molecule has 5 rings (SSSR count). The second-order valence-electron chi connectivity index (χ2n) is 22.1. The number of unbranched alkanes of at least 4 members (excludes halogenated alkanes) is 3. The summed E-state index contributed by atoms with van der Waals surface area (Å²) in [4.78, 5) is 114. The molecule has 0 spiro atoms. The highest BCUT2D eigenvalue weighted by Crippen LogP contribution is 2.51. The predicted molar refractivity (Wildman–Crippen MR) is 279 cm³/mol. The Morgan fingerprint density at radius 2 is 1.60 bits per heavy atom. The molecule has 1 aliphatic carbocycles. The lowest BCUT2D eigenvalue weighted by Crippen LogP contribution is -2.54. The van der Waals surface area contributed by atoms with Crippen molar-refractivity contribution in [2.24, 2.45) is 35.5 Å². The summed E-state index contributed by atoms with van der Waals surface area (Å²) in [5, 5.41) is 0. The van der Waals surface area contributed by atoms with Crippen molar-refractivity contribution in [1.29, 1.82) is 0 Å². The van der Waals surface area contributed by atoms with Gasteiger partial charge in [0.15, 0.2) is 5.78 Å². The molecule has 2 bridgehead atoms. The van der Waals surface area contributed by atoms with Crippen LogP contribution in [-0.4, -0.2) is 149 Å². The fraction of sp³-hybridized carbons (Fsp3) is 0.768. The number of carbonyl (C=O) groups is 7. The predicted octanol–water partition coefficient (Wildman–Crippen LogP) is 8.05. The van der Waals surface area contributed by atoms with Crippen LogP contribution in [0.3, 0.4) is 0 Å². The van der Waals surface area contributed by atoms with Crippen LogP contribution < -0.4 is 0 Å². The molecule has 1 N–H and O–H groups in total. The molecule has 1 saturated carbocycles. The number of Topliss-reactive ketones (excluding diaryl/α,β-unsaturated/α-hetero) is 2. The van der Waals surface area contributed by atoms with Crippen molar-refractivity contribution < 1.29 is 57.0 Å². The average molecular weight is 1040 g/mol. The molecule has 1 aromatic carbocycles. The third-order valence-corrected chi connectivity index (χ3v) is 18.7. The molecule has 0 aromatic heterocycles. The Morgan fingerprint density at radius 1 is 0.890 bits per heavy atom. The molecule has 4 fully saturated rings. The van der Waals surface area contributed by atoms with Crippen LogP contribution in [0.5, 0.6) is 0 Å². The Balaban J connectivity index is 1.24. The lowest BCUT2D eigenvalue weighted by molar-refractivity contribution is -0.150. The molecule has 0 radical (unpaired) electrons. The number of hydrogen-bond donors (Lipinski definition) is 1. The monoisotopic (exact) mass is 1040 g/mol. The quantitative estimate of drug-likeness (QED) is 0.0428. The van der Waals surface area contributed by atoms with Crippen molar-refractivity contribution in [2.45, 2.75) is 200 Å². The van der Waals surface area contributed by atoms with Gasteiger partial charge in [-0.25, -0.2) is 0 Å². The number of benzene rings is 1. The number of ether oxygens (including phenoxy) is 2. The third-order valence-electron chi connectivity index (χ3n) is 16.8. The number of fused-ring (bicyclic) bond motifs is 2. The summed E-state index contributed by atoms with van der Waals surface area (Å²) in [7, 11) is 0.606. The van der Waals surface area contributed by atoms with Crippen LogP contribution in [0.2, 0.25) is 0 Å². The van der Waals surface area contributed by atoms with E-state index in [0.717, 1.165) is 31.2 Å². The molecule has 3 aliphatic heterocycles. The number of nitrogens with zero attached hydrogens (tertiary/aromatic N) is 4. The first-order valence-electron chi connectivity index (χ1n) is 27.5. The highest BCUT2D eigenvalue weighted by atomic mass is 31.2. The number of rotatable bonds is 31. The second kappa shape index (κ2) is 27.8. The van der Waals surface area contributed by atoms with Gasteiger partial charge < -0.3 is 33.6 Å². The van der Waals surface area contributed by atoms with E-state index in [-0.39, 0.29) is 116 Å². The molecule has 410 valence electrons. The summed E-state index contributed by atoms with van der Waals surface area (Å²) < 4.78 is 31.4. The molecule has 4 aliphatic rings. The van der Waals surface area contributed by atoms with Crippen molar-refractivity contribution in [3.8, 4) is 0 Å². The Bertz CT molecular complexity index is 2090. The van der Waals surface area contributed by atoms with Crippen molar-refractivity contribution in [3.63, 3.8) is 0 Å². The Morgan fingerprint density at radius 3 is 2.22 bits per heavy atom. The number of likely N-dealkylation sites (N-methyl/N-ethyl adjacent to an activating group) is 1. The number of methoxy groups -OCH3 is 2. The van der Waals surface area contributed by atoms with E-state index < -0.39 is 55.4 Å². The van der Waals surface area contributed by atoms with E-state index >= 15 is 0 Å². The minimum Gasteiger partial charge on any atom is -0.379 e. The van der Waals surface area contributed by atoms with Crippen LogP contribution in [0.25, 0.3) is 0 Å². The van der Waals surface area contributed by atoms with Crippen LogP contribution in [0, 0.1) is 35.5 Å². The topological polar surface area (TPSA) is 197 Å². The molecule has 16 nitrogen and oxygen atoms in total. The molecule has 5 amide bonds. The van der Waals surface area contributed by atoms with Gasteiger partial charge in [-0.3, -0.25) is 43.0 Å². The maximum absolute atomic E-state index is 14.8. The number of ketones is 2. The number of piperidine rings is 1. The van der Waals surface area contributed by atoms with Crippen molar-refractivity contribution in [1.82, 2.24) is 19.6 Å². The molecule has 13 atom stereocenters. The maximum Gasteiger partial charge on any atom is 0.331 e. The minimum atomic E-state index is -4.20. The summed E-state index contributed by atoms with van der Waals surface area (Å²) in [5.74, 6) is -3.02. The fourth-order valence-electron chi connectivity index (χ4n) is 12.3. The highest BCUT2D eigenvalue weighted by Gasteiger charge is 2.52. The second-order valence-corrected chi connectivity index (χ2v) is 24.3. The Kier molecular flexibility index (Phi) is 22.9. The van der Waals surface area contributed by atoms with E-state index in [0.29, 0.717) is 58.0 Å². The zero-order valence-electron chi connectivity index (χ0n) is 45.7. The number of carbonyl (C=O) groups excluding carboxylic acids is 7. The molecular formula is C56H89N4O12P. The summed E-state index contributed by atoms with van der Waals surface area (Å²) in [5.41, 5.74) is -0.141. The van der Waals surface area contributed by atoms with Crippen molar-refractivity contribution in [3.05, 3.63) is 35.9 Å². The lowest BCUT2D eigenvalue weighted by atomic mass is 9.83. The van der Waals surface area contributed by atoms with Gasteiger partial charge in [0.1, 0.15) is 5.78 Å². The molecule has 2 unspecified atom stereocenters. The number of imide groups is 1. The Hall–Kier alpha value is -3.82. The van der Waals surface area contributed by atoms with Gasteiger partial charge in [-0.15, -0.1) is 0 Å². The molecule has 3 heterocycles. The number of amides is 5. The van der Waals surface area contributed by atoms with Gasteiger partial charge in [0, 0.05) is 83.8 Å². The lowest BCUT2D eigenvalue weighted by Gasteiger charge is -2.41. The van der Waals surface area contributed by atoms with Gasteiger partial charge in [-0.05, 0) is 81.1 Å². The van der Waals surface area contributed by atoms with Crippen molar-refractivity contribution >= 4 is 48.7 Å². The van der Waals surface area contributed by atoms with E-state index in [4.69, 9.17) is 14.0 Å². The molecule has 1 aromatic rings. The first-order valence-corrected chi connectivity index (χ1v) is 29.2. The summed E-state index contributed by atoms with van der Waals surface area (Å²) in [6.45, 7) is 14.3. The normalized spacial score (nSPS) is 24.6. The Labute approximate surface area is 435 Å². The van der Waals surface area contributed by atoms with Crippen LogP contribution in [0.15, 0.2) is 30.3 Å². The van der Waals surface area contributed by atoms with Gasteiger partial charge in [0.05, 0.1) is 49.0 Å². The number of likely N-dealkylation sites (tertiary alicyclic amines) is 3. The minimum absolute atomic E-state index is 0.00410. The average Bonchev–Trinajstić information content (AvgIpc) is 4.18. The van der Waals surface area contributed by atoms with Crippen LogP contribution in [0.1, 0.15) is 157 Å². The largest absolute Gasteiger partial charge is 0.379 e. The van der Waals surface area contributed by atoms with Crippen molar-refractivity contribution in [2.75, 3.05) is 41.0 Å². The van der Waals surface area contributed by atoms with E-state index in [1.54, 1.807) is 37.8 Å². The first-order chi connectivity index (χ1) is 34.7. The summed E-state index contributed by atoms with van der Waals surface area (Å²) >= 11 is 0.